The Hall–Kier alpha value is -8.98. The largest absolute Gasteiger partial charge is 0.493 e. The number of hydrogen-bond acceptors (Lipinski definition) is 20. The van der Waals surface area contributed by atoms with Gasteiger partial charge in [-0.05, 0) is 205 Å². The van der Waals surface area contributed by atoms with Crippen molar-refractivity contribution in [2.45, 2.75) is 165 Å². The van der Waals surface area contributed by atoms with E-state index in [0.29, 0.717) is 64.9 Å². The summed E-state index contributed by atoms with van der Waals surface area (Å²) >= 11 is 0. The maximum Gasteiger partial charge on any atom is 0.330 e. The Kier molecular flexibility index (Phi) is 15.3. The summed E-state index contributed by atoms with van der Waals surface area (Å²) in [5.74, 6) is 6.53. The summed E-state index contributed by atoms with van der Waals surface area (Å²) in [6, 6.07) is 12.5. The summed E-state index contributed by atoms with van der Waals surface area (Å²) in [5, 5.41) is 10.2. The molecule has 24 rings (SSSR count). The summed E-state index contributed by atoms with van der Waals surface area (Å²) in [6.45, 7) is 8.28. The van der Waals surface area contributed by atoms with Crippen LogP contribution in [0.1, 0.15) is 130 Å². The smallest absolute Gasteiger partial charge is 0.330 e. The Morgan fingerprint density at radius 3 is 1.01 bits per heavy atom. The van der Waals surface area contributed by atoms with Gasteiger partial charge in [0.05, 0.1) is 55.0 Å². The van der Waals surface area contributed by atoms with Crippen LogP contribution in [-0.2, 0) is 80.8 Å². The van der Waals surface area contributed by atoms with Gasteiger partial charge in [0.2, 0.25) is 17.8 Å². The number of hydrogen-bond donors (Lipinski definition) is 3. The highest BCUT2D eigenvalue weighted by Gasteiger charge is 2.67. The maximum atomic E-state index is 13.7. The van der Waals surface area contributed by atoms with Gasteiger partial charge < -0.3 is 49.1 Å². The van der Waals surface area contributed by atoms with Crippen molar-refractivity contribution in [3.63, 3.8) is 0 Å². The van der Waals surface area contributed by atoms with Crippen molar-refractivity contribution in [3.8, 4) is 17.2 Å². The lowest BCUT2D eigenvalue weighted by Gasteiger charge is -2.63. The van der Waals surface area contributed by atoms with Gasteiger partial charge in [0.15, 0.2) is 28.5 Å². The van der Waals surface area contributed by atoms with Gasteiger partial charge in [0.1, 0.15) is 39.6 Å². The number of anilines is 6. The molecule has 15 aliphatic rings. The fourth-order valence-electron chi connectivity index (χ4n) is 23.3. The summed E-state index contributed by atoms with van der Waals surface area (Å²) in [4.78, 5) is 82.1. The molecular formula is C79H93N15O11. The summed E-state index contributed by atoms with van der Waals surface area (Å²) in [5.41, 5.74) is 13.0. The number of fused-ring (bicyclic) bond motifs is 6. The van der Waals surface area contributed by atoms with Gasteiger partial charge >= 0.3 is 17.1 Å². The average molecular weight is 1430 g/mol. The van der Waals surface area contributed by atoms with Crippen molar-refractivity contribution in [2.24, 2.45) is 74.4 Å². The number of carbonyl (C=O) groups excluding carboxylic acids is 1. The highest BCUT2D eigenvalue weighted by Crippen LogP contribution is 2.66. The second-order valence-electron chi connectivity index (χ2n) is 33.1. The molecule has 0 radical (unpaired) electrons. The van der Waals surface area contributed by atoms with E-state index in [4.69, 9.17) is 48.1 Å². The molecule has 26 nitrogen and oxygen atoms in total. The zero-order valence-electron chi connectivity index (χ0n) is 61.6. The topological polar surface area (TPSA) is 276 Å². The van der Waals surface area contributed by atoms with Crippen molar-refractivity contribution in [1.29, 1.82) is 0 Å². The van der Waals surface area contributed by atoms with E-state index < -0.39 is 11.6 Å². The predicted molar refractivity (Wildman–Crippen MR) is 392 cm³/mol. The lowest BCUT2D eigenvalue weighted by molar-refractivity contribution is -0.328. The van der Waals surface area contributed by atoms with Gasteiger partial charge in [-0.3, -0.25) is 32.2 Å². The third kappa shape index (κ3) is 9.98. The van der Waals surface area contributed by atoms with Crippen LogP contribution in [0.5, 0.6) is 17.2 Å². The van der Waals surface area contributed by atoms with E-state index in [1.54, 1.807) is 67.8 Å². The molecule has 550 valence electrons. The first-order valence-corrected chi connectivity index (χ1v) is 37.9. The fourth-order valence-corrected chi connectivity index (χ4v) is 23.3. The monoisotopic (exact) mass is 1430 g/mol. The predicted octanol–water partition coefficient (Wildman–Crippen LogP) is 10.5. The van der Waals surface area contributed by atoms with E-state index in [2.05, 4.69) is 75.1 Å². The van der Waals surface area contributed by atoms with Crippen LogP contribution in [0.15, 0.2) is 69.4 Å². The molecule has 12 fully saturated rings. The van der Waals surface area contributed by atoms with Crippen molar-refractivity contribution in [1.82, 2.24) is 57.3 Å². The van der Waals surface area contributed by atoms with Gasteiger partial charge in [-0.15, -0.1) is 0 Å². The molecule has 12 saturated carbocycles. The van der Waals surface area contributed by atoms with E-state index in [1.165, 1.54) is 16.7 Å². The molecule has 26 heteroatoms. The highest BCUT2D eigenvalue weighted by atomic mass is 16.7. The van der Waals surface area contributed by atoms with Crippen LogP contribution < -0.4 is 47.2 Å². The third-order valence-electron chi connectivity index (χ3n) is 27.5. The lowest BCUT2D eigenvalue weighted by Crippen LogP contribution is -2.66. The lowest BCUT2D eigenvalue weighted by atomic mass is 9.50. The second kappa shape index (κ2) is 24.0. The van der Waals surface area contributed by atoms with Crippen molar-refractivity contribution >= 4 is 74.2 Å². The third-order valence-corrected chi connectivity index (χ3v) is 27.5. The SMILES string of the molecule is COC1(OC)C2CC3CC1CC(n1c(=O)n(C)c4cnc(Nc5cc6c(cc5C)OCC6)nc41)(C3)C2.COC1(OC)C2CC3CC1CC(n1c(=O)n(C)c4cnc(Nc5cc6c(cc5C)OCC6)nc41)(C3)C2.Cc1cc2c(cc1Nc1ncc3c(n1)n(C14CC5CC(C1)C(=O)C(C5)C4)c(=O)n3C)CCO2. The molecule has 105 heavy (non-hydrogen) atoms. The van der Waals surface area contributed by atoms with Crippen molar-refractivity contribution in [3.05, 3.63) is 120 Å². The van der Waals surface area contributed by atoms with Gasteiger partial charge in [-0.1, -0.05) is 0 Å². The van der Waals surface area contributed by atoms with Gasteiger partial charge in [-0.2, -0.15) is 15.0 Å². The number of benzene rings is 3. The Labute approximate surface area is 606 Å². The van der Waals surface area contributed by atoms with Crippen LogP contribution in [0.3, 0.4) is 0 Å². The molecule has 12 aliphatic carbocycles. The van der Waals surface area contributed by atoms with E-state index >= 15 is 0 Å². The Balaban J connectivity index is 0.000000108. The van der Waals surface area contributed by atoms with Crippen molar-refractivity contribution < 1.29 is 38.0 Å². The molecular weight excluding hydrogens is 1330 g/mol. The molecule has 3 aliphatic heterocycles. The molecule has 3 aromatic carbocycles. The number of aromatic nitrogens is 12. The molecule has 6 unspecified atom stereocenters. The number of Topliss-reactive ketones (excluding diaryl/α,β-unsaturated/α-hetero) is 1. The van der Waals surface area contributed by atoms with Gasteiger partial charge in [0.25, 0.3) is 0 Å². The number of nitrogens with zero attached hydrogens (tertiary/aromatic N) is 12. The van der Waals surface area contributed by atoms with Gasteiger partial charge in [0, 0.05) is 121 Å². The van der Waals surface area contributed by atoms with E-state index in [9.17, 15) is 19.2 Å². The minimum atomic E-state index is -0.550. The van der Waals surface area contributed by atoms with Crippen LogP contribution in [0.25, 0.3) is 33.5 Å². The molecule has 12 bridgehead atoms. The standard InChI is InChI=1S/2C27H33N5O4.C25H27N5O3/c2*1-15-7-22-17(5-6-36-22)10-20(15)29-24-28-14-21-23(30-24)32(25(33)31(21)2)26-11-16-8-18(12-26)27(34-3,35-4)19(9-16)13-26;1-13-5-20-15(3-4-33-20)8-18(13)27-23-26-12-19-22(28-23)30(24(32)29(19)2)25-9-14-6-16(10-25)21(31)17(7-14)11-25/h2*7,10,14,16,18-19H,5-6,8-9,11-13H2,1-4H3,(H,28,29,30);5,8,12,14,16-17H,3-4,6-7,9-11H2,1-2H3,(H,26,27,28). The van der Waals surface area contributed by atoms with E-state index in [1.807, 2.05) is 40.8 Å². The molecule has 3 N–H and O–H groups in total. The van der Waals surface area contributed by atoms with Crippen LogP contribution in [0.4, 0.5) is 34.9 Å². The normalized spacial score (nSPS) is 29.5. The number of nitrogens with one attached hydrogen (secondary N) is 3. The Bertz CT molecular complexity index is 5040. The van der Waals surface area contributed by atoms with E-state index in [0.717, 1.165) is 196 Å². The minimum absolute atomic E-state index is 0.0234. The Morgan fingerprint density at radius 1 is 0.410 bits per heavy atom. The second-order valence-corrected chi connectivity index (χ2v) is 33.1. The Morgan fingerprint density at radius 2 is 0.705 bits per heavy atom. The molecule has 0 saturated heterocycles. The van der Waals surface area contributed by atoms with E-state index in [-0.39, 0.29) is 69.2 Å². The van der Waals surface area contributed by atoms with Crippen LogP contribution in [-0.4, -0.2) is 123 Å². The molecule has 0 amide bonds. The average Bonchev–Trinajstić information content (AvgIpc) is 1.69. The zero-order valence-corrected chi connectivity index (χ0v) is 61.6. The summed E-state index contributed by atoms with van der Waals surface area (Å²) in [6.07, 6.45) is 22.2. The summed E-state index contributed by atoms with van der Waals surface area (Å²) in [7, 11) is 12.5. The number of imidazole rings is 3. The summed E-state index contributed by atoms with van der Waals surface area (Å²) < 4.78 is 52.1. The first-order valence-electron chi connectivity index (χ1n) is 37.9. The fraction of sp³-hybridized carbons (Fsp3) is 0.570. The molecule has 9 heterocycles. The molecule has 6 atom stereocenters. The first-order chi connectivity index (χ1) is 50.7. The first kappa shape index (κ1) is 66.7. The molecule has 0 spiro atoms. The highest BCUT2D eigenvalue weighted by molar-refractivity contribution is 5.86. The quantitative estimate of drug-likeness (QED) is 0.0905. The van der Waals surface area contributed by atoms with Crippen molar-refractivity contribution in [2.75, 3.05) is 64.2 Å². The number of ketones is 1. The minimum Gasteiger partial charge on any atom is -0.493 e. The van der Waals surface area contributed by atoms with Crippen LogP contribution in [0.2, 0.25) is 0 Å². The van der Waals surface area contributed by atoms with Gasteiger partial charge in [-0.25, -0.2) is 29.3 Å². The number of rotatable bonds is 13. The van der Waals surface area contributed by atoms with Crippen LogP contribution in [0, 0.1) is 74.0 Å². The number of carbonyl (C=O) groups is 1. The zero-order chi connectivity index (χ0) is 72.1. The molecule has 6 aromatic heterocycles. The van der Waals surface area contributed by atoms with Crippen LogP contribution >= 0.6 is 0 Å². The number of aryl methyl sites for hydroxylation is 6. The maximum absolute atomic E-state index is 13.7. The molecule has 9 aromatic rings. The number of ether oxygens (including phenoxy) is 7. The number of methoxy groups -OCH3 is 4.